The van der Waals surface area contributed by atoms with Gasteiger partial charge in [-0.1, -0.05) is 41.4 Å². The van der Waals surface area contributed by atoms with E-state index in [4.69, 9.17) is 32.4 Å². The molecule has 0 saturated carbocycles. The number of nitrogens with zero attached hydrogens (tertiary/aromatic N) is 2. The van der Waals surface area contributed by atoms with E-state index in [0.717, 1.165) is 16.8 Å². The molecule has 0 fully saturated rings. The zero-order chi connectivity index (χ0) is 20.1. The third kappa shape index (κ3) is 2.94. The third-order valence-corrected chi connectivity index (χ3v) is 5.52. The molecular weight excluding hydrogens is 411 g/mol. The number of carbonyl (C=O) groups is 1. The van der Waals surface area contributed by atoms with Crippen LogP contribution < -0.4 is 9.64 Å². The molecule has 29 heavy (non-hydrogen) atoms. The summed E-state index contributed by atoms with van der Waals surface area (Å²) in [6.45, 7) is 0.537. The largest absolute Gasteiger partial charge is 0.494 e. The van der Waals surface area contributed by atoms with E-state index in [0.29, 0.717) is 44.9 Å². The van der Waals surface area contributed by atoms with Crippen molar-refractivity contribution in [2.75, 3.05) is 12.0 Å². The van der Waals surface area contributed by atoms with Gasteiger partial charge < -0.3 is 14.1 Å². The zero-order valence-corrected chi connectivity index (χ0v) is 16.8. The molecule has 1 amide bonds. The summed E-state index contributed by atoms with van der Waals surface area (Å²) in [6.07, 6.45) is 0. The fourth-order valence-electron chi connectivity index (χ4n) is 3.55. The number of hydrogen-bond acceptors (Lipinski definition) is 4. The van der Waals surface area contributed by atoms with E-state index in [9.17, 15) is 4.79 Å². The number of halogens is 2. The highest BCUT2D eigenvalue weighted by Crippen LogP contribution is 2.38. The van der Waals surface area contributed by atoms with Gasteiger partial charge in [-0.3, -0.25) is 4.79 Å². The molecule has 0 N–H and O–H groups in total. The van der Waals surface area contributed by atoms with Crippen LogP contribution in [-0.2, 0) is 6.54 Å². The van der Waals surface area contributed by atoms with Gasteiger partial charge in [-0.2, -0.15) is 0 Å². The molecule has 1 aliphatic rings. The summed E-state index contributed by atoms with van der Waals surface area (Å²) >= 11 is 12.5. The monoisotopic (exact) mass is 424 g/mol. The first kappa shape index (κ1) is 18.0. The van der Waals surface area contributed by atoms with Gasteiger partial charge in [0.1, 0.15) is 5.52 Å². The second kappa shape index (κ2) is 6.79. The molecule has 7 heteroatoms. The molecule has 0 saturated heterocycles. The first-order chi connectivity index (χ1) is 14.0. The first-order valence-corrected chi connectivity index (χ1v) is 9.64. The highest BCUT2D eigenvalue weighted by Gasteiger charge is 2.28. The van der Waals surface area contributed by atoms with Crippen molar-refractivity contribution >= 4 is 45.9 Å². The normalized spacial score (nSPS) is 13.2. The number of carbonyl (C=O) groups excluding carboxylic acids is 1. The van der Waals surface area contributed by atoms with E-state index in [1.807, 2.05) is 42.5 Å². The topological polar surface area (TPSA) is 55.6 Å². The van der Waals surface area contributed by atoms with Gasteiger partial charge in [0.2, 0.25) is 5.89 Å². The Morgan fingerprint density at radius 1 is 1.07 bits per heavy atom. The van der Waals surface area contributed by atoms with Gasteiger partial charge in [-0.15, -0.1) is 0 Å². The molecule has 0 atom stereocenters. The van der Waals surface area contributed by atoms with Gasteiger partial charge in [0.25, 0.3) is 5.91 Å². The van der Waals surface area contributed by atoms with Crippen molar-refractivity contribution in [1.29, 1.82) is 0 Å². The van der Waals surface area contributed by atoms with Crippen molar-refractivity contribution in [3.05, 3.63) is 75.8 Å². The number of oxazole rings is 1. The van der Waals surface area contributed by atoms with Gasteiger partial charge in [0.05, 0.1) is 23.7 Å². The van der Waals surface area contributed by atoms with E-state index in [-0.39, 0.29) is 5.91 Å². The minimum absolute atomic E-state index is 0.0163. The maximum atomic E-state index is 12.7. The van der Waals surface area contributed by atoms with Crippen LogP contribution in [0.15, 0.2) is 59.0 Å². The highest BCUT2D eigenvalue weighted by atomic mass is 35.5. The Balaban J connectivity index is 1.53. The smallest absolute Gasteiger partial charge is 0.258 e. The summed E-state index contributed by atoms with van der Waals surface area (Å²) in [7, 11) is 1.51. The number of hydrogen-bond donors (Lipinski definition) is 0. The third-order valence-electron chi connectivity index (χ3n) is 4.95. The summed E-state index contributed by atoms with van der Waals surface area (Å²) < 4.78 is 11.1. The van der Waals surface area contributed by atoms with Crippen LogP contribution >= 0.6 is 23.2 Å². The highest BCUT2D eigenvalue weighted by molar-refractivity contribution is 6.37. The summed E-state index contributed by atoms with van der Waals surface area (Å²) in [6, 6.07) is 16.5. The molecule has 0 radical (unpaired) electrons. The van der Waals surface area contributed by atoms with Gasteiger partial charge in [0, 0.05) is 16.8 Å². The minimum Gasteiger partial charge on any atom is -0.494 e. The maximum Gasteiger partial charge on any atom is 0.258 e. The fourth-order valence-corrected chi connectivity index (χ4v) is 4.19. The van der Waals surface area contributed by atoms with Crippen LogP contribution in [0.25, 0.3) is 22.6 Å². The molecule has 0 bridgehead atoms. The SMILES string of the molecule is COc1c(Cl)cc(-c2nc3cc(N4Cc5ccccc5C4=O)ccc3o2)cc1Cl. The molecule has 0 spiro atoms. The van der Waals surface area contributed by atoms with Crippen molar-refractivity contribution in [2.45, 2.75) is 6.54 Å². The molecular formula is C22H14Cl2N2O3. The van der Waals surface area contributed by atoms with Crippen LogP contribution in [0.1, 0.15) is 15.9 Å². The summed E-state index contributed by atoms with van der Waals surface area (Å²) in [4.78, 5) is 19.0. The van der Waals surface area contributed by atoms with E-state index in [1.54, 1.807) is 17.0 Å². The van der Waals surface area contributed by atoms with Crippen molar-refractivity contribution in [3.8, 4) is 17.2 Å². The number of fused-ring (bicyclic) bond motifs is 2. The van der Waals surface area contributed by atoms with Crippen molar-refractivity contribution < 1.29 is 13.9 Å². The lowest BCUT2D eigenvalue weighted by Crippen LogP contribution is -2.22. The number of anilines is 1. The van der Waals surface area contributed by atoms with Gasteiger partial charge in [-0.05, 0) is 42.0 Å². The van der Waals surface area contributed by atoms with Crippen LogP contribution in [0, 0.1) is 0 Å². The van der Waals surface area contributed by atoms with E-state index >= 15 is 0 Å². The summed E-state index contributed by atoms with van der Waals surface area (Å²) in [5.41, 5.74) is 4.41. The van der Waals surface area contributed by atoms with Crippen LogP contribution in [0.5, 0.6) is 5.75 Å². The molecule has 0 aliphatic carbocycles. The molecule has 0 unspecified atom stereocenters. The standard InChI is InChI=1S/C22H14Cl2N2O3/c1-28-20-16(23)8-13(9-17(20)24)21-25-18-10-14(6-7-19(18)29-21)26-11-12-4-2-3-5-15(12)22(26)27/h2-10H,11H2,1H3. The number of benzene rings is 3. The van der Waals surface area contributed by atoms with E-state index in [2.05, 4.69) is 4.98 Å². The summed E-state index contributed by atoms with van der Waals surface area (Å²) in [5.74, 6) is 0.777. The molecule has 2 heterocycles. The summed E-state index contributed by atoms with van der Waals surface area (Å²) in [5, 5.41) is 0.747. The van der Waals surface area contributed by atoms with Crippen LogP contribution in [0.4, 0.5) is 5.69 Å². The van der Waals surface area contributed by atoms with Crippen molar-refractivity contribution in [1.82, 2.24) is 4.98 Å². The van der Waals surface area contributed by atoms with Crippen LogP contribution in [0.2, 0.25) is 10.0 Å². The lowest BCUT2D eigenvalue weighted by atomic mass is 10.1. The molecule has 1 aromatic heterocycles. The molecule has 144 valence electrons. The first-order valence-electron chi connectivity index (χ1n) is 8.89. The molecule has 3 aromatic carbocycles. The Morgan fingerprint density at radius 2 is 1.83 bits per heavy atom. The Morgan fingerprint density at radius 3 is 2.55 bits per heavy atom. The molecule has 4 aromatic rings. The average Bonchev–Trinajstić information content (AvgIpc) is 3.29. The number of aromatic nitrogens is 1. The maximum absolute atomic E-state index is 12.7. The molecule has 5 nitrogen and oxygen atoms in total. The van der Waals surface area contributed by atoms with Gasteiger partial charge in [0.15, 0.2) is 11.3 Å². The fraction of sp³-hybridized carbons (Fsp3) is 0.0909. The van der Waals surface area contributed by atoms with Gasteiger partial charge >= 0.3 is 0 Å². The quantitative estimate of drug-likeness (QED) is 0.406. The van der Waals surface area contributed by atoms with Gasteiger partial charge in [-0.25, -0.2) is 4.98 Å². The Kier molecular flexibility index (Phi) is 4.23. The van der Waals surface area contributed by atoms with Crippen LogP contribution in [-0.4, -0.2) is 18.0 Å². The molecule has 1 aliphatic heterocycles. The number of rotatable bonds is 3. The van der Waals surface area contributed by atoms with E-state index in [1.165, 1.54) is 7.11 Å². The minimum atomic E-state index is -0.0163. The predicted octanol–water partition coefficient (Wildman–Crippen LogP) is 5.97. The van der Waals surface area contributed by atoms with Crippen molar-refractivity contribution in [2.24, 2.45) is 0 Å². The average molecular weight is 425 g/mol. The Hall–Kier alpha value is -3.02. The molecule has 5 rings (SSSR count). The zero-order valence-electron chi connectivity index (χ0n) is 15.3. The van der Waals surface area contributed by atoms with Crippen LogP contribution in [0.3, 0.4) is 0 Å². The van der Waals surface area contributed by atoms with Crippen molar-refractivity contribution in [3.63, 3.8) is 0 Å². The predicted molar refractivity (Wildman–Crippen MR) is 113 cm³/mol. The Bertz CT molecular complexity index is 1260. The number of amides is 1. The van der Waals surface area contributed by atoms with E-state index < -0.39 is 0 Å². The second-order valence-electron chi connectivity index (χ2n) is 6.69. The number of ether oxygens (including phenoxy) is 1. The Labute approximate surface area is 176 Å². The number of methoxy groups -OCH3 is 1. The lowest BCUT2D eigenvalue weighted by molar-refractivity contribution is 0.0996. The second-order valence-corrected chi connectivity index (χ2v) is 7.51. The lowest BCUT2D eigenvalue weighted by Gasteiger charge is -2.15.